The Morgan fingerprint density at radius 3 is 2.71 bits per heavy atom. The Kier molecular flexibility index (Phi) is 3.64. The third-order valence-corrected chi connectivity index (χ3v) is 5.41. The monoisotopic (exact) mass is 323 g/mol. The highest BCUT2D eigenvalue weighted by atomic mass is 32.2. The van der Waals surface area contributed by atoms with Gasteiger partial charge in [0.05, 0.1) is 10.6 Å². The van der Waals surface area contributed by atoms with Crippen LogP contribution in [0.5, 0.6) is 0 Å². The molecule has 2 N–H and O–H groups in total. The smallest absolute Gasteiger partial charge is 0.297 e. The Balaban J connectivity index is 1.72. The second-order valence-corrected chi connectivity index (χ2v) is 7.12. The molecule has 0 saturated carbocycles. The van der Waals surface area contributed by atoms with E-state index in [1.54, 1.807) is 18.2 Å². The maximum atomic E-state index is 12.0. The zero-order chi connectivity index (χ0) is 14.9. The highest BCUT2D eigenvalue weighted by Gasteiger charge is 2.22. The van der Waals surface area contributed by atoms with Gasteiger partial charge in [0.15, 0.2) is 0 Å². The first-order valence-corrected chi connectivity index (χ1v) is 8.68. The number of hydrogen-bond donors (Lipinski definition) is 2. The maximum Gasteiger partial charge on any atom is 0.333 e. The molecule has 1 aromatic carbocycles. The number of benzene rings is 1. The summed E-state index contributed by atoms with van der Waals surface area (Å²) in [5, 5.41) is 3.20. The number of sulfonamides is 1. The molecular weight excluding hydrogens is 310 g/mol. The molecule has 6 nitrogen and oxygen atoms in total. The number of aryl methyl sites for hydroxylation is 1. The molecule has 1 aliphatic rings. The van der Waals surface area contributed by atoms with Crippen molar-refractivity contribution < 1.29 is 13.2 Å². The van der Waals surface area contributed by atoms with E-state index in [1.165, 1.54) is 23.7 Å². The van der Waals surface area contributed by atoms with Crippen LogP contribution in [-0.4, -0.2) is 18.8 Å². The molecule has 1 aromatic heterocycles. The van der Waals surface area contributed by atoms with Crippen LogP contribution in [0.3, 0.4) is 0 Å². The van der Waals surface area contributed by atoms with E-state index >= 15 is 0 Å². The SMILES string of the molecule is O=C(Nc1snc2c1CCC2)NS(=O)(=O)c1ccccc1. The van der Waals surface area contributed by atoms with E-state index < -0.39 is 16.1 Å². The number of nitrogens with zero attached hydrogens (tertiary/aromatic N) is 1. The van der Waals surface area contributed by atoms with Crippen molar-refractivity contribution in [1.29, 1.82) is 0 Å². The number of aromatic nitrogens is 1. The van der Waals surface area contributed by atoms with E-state index in [-0.39, 0.29) is 4.90 Å². The van der Waals surface area contributed by atoms with Gasteiger partial charge < -0.3 is 0 Å². The number of urea groups is 1. The molecule has 0 spiro atoms. The van der Waals surface area contributed by atoms with Gasteiger partial charge in [0.25, 0.3) is 10.0 Å². The minimum Gasteiger partial charge on any atom is -0.297 e. The number of anilines is 1. The van der Waals surface area contributed by atoms with Crippen molar-refractivity contribution in [2.24, 2.45) is 0 Å². The molecule has 2 aromatic rings. The molecule has 0 radical (unpaired) electrons. The quantitative estimate of drug-likeness (QED) is 0.906. The highest BCUT2D eigenvalue weighted by Crippen LogP contribution is 2.31. The molecule has 0 fully saturated rings. The lowest BCUT2D eigenvalue weighted by molar-refractivity contribution is 0.256. The second-order valence-electron chi connectivity index (χ2n) is 4.66. The van der Waals surface area contributed by atoms with Crippen LogP contribution >= 0.6 is 11.5 Å². The topological polar surface area (TPSA) is 88.2 Å². The molecular formula is C13H13N3O3S2. The minimum absolute atomic E-state index is 0.0506. The van der Waals surface area contributed by atoms with Crippen LogP contribution in [0.15, 0.2) is 35.2 Å². The number of hydrogen-bond acceptors (Lipinski definition) is 5. The summed E-state index contributed by atoms with van der Waals surface area (Å²) in [6.45, 7) is 0. The molecule has 0 atom stereocenters. The zero-order valence-corrected chi connectivity index (χ0v) is 12.6. The van der Waals surface area contributed by atoms with Crippen LogP contribution in [0.4, 0.5) is 9.80 Å². The Bertz CT molecular complexity index is 769. The number of rotatable bonds is 3. The first-order valence-electron chi connectivity index (χ1n) is 6.42. The molecule has 0 saturated heterocycles. The predicted molar refractivity (Wildman–Crippen MR) is 79.9 cm³/mol. The highest BCUT2D eigenvalue weighted by molar-refractivity contribution is 7.90. The van der Waals surface area contributed by atoms with E-state index in [9.17, 15) is 13.2 Å². The van der Waals surface area contributed by atoms with Gasteiger partial charge in [-0.1, -0.05) is 18.2 Å². The zero-order valence-electron chi connectivity index (χ0n) is 11.0. The van der Waals surface area contributed by atoms with Crippen LogP contribution in [0.1, 0.15) is 17.7 Å². The molecule has 2 amide bonds. The van der Waals surface area contributed by atoms with Crippen molar-refractivity contribution in [2.45, 2.75) is 24.2 Å². The molecule has 21 heavy (non-hydrogen) atoms. The van der Waals surface area contributed by atoms with Gasteiger partial charge in [-0.05, 0) is 42.9 Å². The van der Waals surface area contributed by atoms with Crippen molar-refractivity contribution in [1.82, 2.24) is 9.10 Å². The average Bonchev–Trinajstić information content (AvgIpc) is 3.04. The van der Waals surface area contributed by atoms with Gasteiger partial charge in [-0.2, -0.15) is 4.37 Å². The number of nitrogens with one attached hydrogen (secondary N) is 2. The molecule has 0 unspecified atom stereocenters. The van der Waals surface area contributed by atoms with E-state index in [0.717, 1.165) is 30.5 Å². The summed E-state index contributed by atoms with van der Waals surface area (Å²) in [6, 6.07) is 7.00. The lowest BCUT2D eigenvalue weighted by Gasteiger charge is -2.07. The summed E-state index contributed by atoms with van der Waals surface area (Å²) in [5.74, 6) is 0. The number of fused-ring (bicyclic) bond motifs is 1. The summed E-state index contributed by atoms with van der Waals surface area (Å²) < 4.78 is 30.3. The molecule has 0 bridgehead atoms. The number of carbonyl (C=O) groups is 1. The van der Waals surface area contributed by atoms with Crippen molar-refractivity contribution in [3.8, 4) is 0 Å². The second kappa shape index (κ2) is 5.45. The van der Waals surface area contributed by atoms with Gasteiger partial charge in [-0.25, -0.2) is 17.9 Å². The maximum absolute atomic E-state index is 12.0. The Morgan fingerprint density at radius 2 is 1.95 bits per heavy atom. The molecule has 3 rings (SSSR count). The van der Waals surface area contributed by atoms with Crippen molar-refractivity contribution in [3.63, 3.8) is 0 Å². The fourth-order valence-electron chi connectivity index (χ4n) is 2.24. The van der Waals surface area contributed by atoms with Crippen molar-refractivity contribution in [2.75, 3.05) is 5.32 Å². The van der Waals surface area contributed by atoms with Crippen molar-refractivity contribution >= 4 is 32.6 Å². The van der Waals surface area contributed by atoms with Gasteiger partial charge in [0.2, 0.25) is 0 Å². The standard InChI is InChI=1S/C13H13N3O3S2/c17-13(14-12-10-7-4-8-11(10)15-20-12)16-21(18,19)9-5-2-1-3-6-9/h1-3,5-6H,4,7-8H2,(H2,14,16,17). The summed E-state index contributed by atoms with van der Waals surface area (Å²) in [4.78, 5) is 11.9. The van der Waals surface area contributed by atoms with Gasteiger partial charge in [0.1, 0.15) is 5.00 Å². The van der Waals surface area contributed by atoms with Crippen LogP contribution in [-0.2, 0) is 22.9 Å². The van der Waals surface area contributed by atoms with Crippen LogP contribution in [0.25, 0.3) is 0 Å². The molecule has 110 valence electrons. The van der Waals surface area contributed by atoms with E-state index in [4.69, 9.17) is 0 Å². The Morgan fingerprint density at radius 1 is 1.19 bits per heavy atom. The van der Waals surface area contributed by atoms with Gasteiger partial charge in [-0.15, -0.1) is 0 Å². The lowest BCUT2D eigenvalue weighted by Crippen LogP contribution is -2.34. The van der Waals surface area contributed by atoms with Crippen LogP contribution in [0.2, 0.25) is 0 Å². The number of carbonyl (C=O) groups excluding carboxylic acids is 1. The minimum atomic E-state index is -3.85. The van der Waals surface area contributed by atoms with Gasteiger partial charge in [0, 0.05) is 5.56 Å². The molecule has 1 aliphatic carbocycles. The Labute approximate surface area is 126 Å². The average molecular weight is 323 g/mol. The summed E-state index contributed by atoms with van der Waals surface area (Å²) >= 11 is 1.19. The van der Waals surface area contributed by atoms with E-state index in [0.29, 0.717) is 5.00 Å². The first-order chi connectivity index (χ1) is 10.1. The fraction of sp³-hybridized carbons (Fsp3) is 0.231. The summed E-state index contributed by atoms with van der Waals surface area (Å²) in [7, 11) is -3.85. The molecule has 0 aliphatic heterocycles. The molecule has 1 heterocycles. The predicted octanol–water partition coefficient (Wildman–Crippen LogP) is 2.14. The Hall–Kier alpha value is -1.93. The van der Waals surface area contributed by atoms with E-state index in [1.807, 2.05) is 4.72 Å². The fourth-order valence-corrected chi connectivity index (χ4v) is 4.04. The third kappa shape index (κ3) is 2.91. The lowest BCUT2D eigenvalue weighted by atomic mass is 10.3. The summed E-state index contributed by atoms with van der Waals surface area (Å²) in [6.07, 6.45) is 2.80. The first kappa shape index (κ1) is 14.0. The van der Waals surface area contributed by atoms with Crippen molar-refractivity contribution in [3.05, 3.63) is 41.6 Å². The van der Waals surface area contributed by atoms with E-state index in [2.05, 4.69) is 9.69 Å². The largest absolute Gasteiger partial charge is 0.333 e. The normalized spacial score (nSPS) is 13.7. The van der Waals surface area contributed by atoms with Gasteiger partial charge in [-0.3, -0.25) is 5.32 Å². The molecule has 8 heteroatoms. The van der Waals surface area contributed by atoms with Crippen LogP contribution in [0, 0.1) is 0 Å². The number of amides is 2. The third-order valence-electron chi connectivity index (χ3n) is 3.22. The van der Waals surface area contributed by atoms with Crippen LogP contribution < -0.4 is 10.0 Å². The van der Waals surface area contributed by atoms with Gasteiger partial charge >= 0.3 is 6.03 Å². The summed E-state index contributed by atoms with van der Waals surface area (Å²) in [5.41, 5.74) is 2.02.